The standard InChI is InChI=1S/C23H26N2O4/c1-16-4-2-3-5-20(16)25(14-17-6-8-19(9-7-17)22(26)27)23(28)29-21-15-24-12-10-18(21)11-13-24/h2-9,18,21H,10-15H2,1H3,(H,26,27)/t21-/m0/s1. The van der Waals surface area contributed by atoms with Crippen LogP contribution >= 0.6 is 0 Å². The van der Waals surface area contributed by atoms with Gasteiger partial charge in [-0.1, -0.05) is 30.3 Å². The molecule has 3 aliphatic rings. The van der Waals surface area contributed by atoms with E-state index < -0.39 is 5.97 Å². The number of nitrogens with zero attached hydrogens (tertiary/aromatic N) is 2. The minimum absolute atomic E-state index is 0.0640. The van der Waals surface area contributed by atoms with Crippen molar-refractivity contribution in [1.82, 2.24) is 4.90 Å². The molecule has 3 saturated heterocycles. The van der Waals surface area contributed by atoms with Crippen LogP contribution in [0.1, 0.15) is 34.3 Å². The first-order valence-electron chi connectivity index (χ1n) is 10.1. The van der Waals surface area contributed by atoms with E-state index in [1.807, 2.05) is 31.2 Å². The summed E-state index contributed by atoms with van der Waals surface area (Å²) in [7, 11) is 0. The van der Waals surface area contributed by atoms with Crippen LogP contribution in [0.2, 0.25) is 0 Å². The number of aryl methyl sites for hydroxylation is 1. The zero-order chi connectivity index (χ0) is 20.4. The van der Waals surface area contributed by atoms with E-state index in [9.17, 15) is 9.59 Å². The number of carbonyl (C=O) groups is 2. The molecule has 1 N–H and O–H groups in total. The van der Waals surface area contributed by atoms with Gasteiger partial charge in [0.25, 0.3) is 0 Å². The maximum absolute atomic E-state index is 13.2. The van der Waals surface area contributed by atoms with Gasteiger partial charge in [0.05, 0.1) is 17.8 Å². The number of rotatable bonds is 5. The Kier molecular flexibility index (Phi) is 5.53. The summed E-state index contributed by atoms with van der Waals surface area (Å²) in [5, 5.41) is 9.11. The van der Waals surface area contributed by atoms with E-state index in [0.29, 0.717) is 12.5 Å². The minimum atomic E-state index is -0.964. The number of fused-ring (bicyclic) bond motifs is 3. The lowest BCUT2D eigenvalue weighted by atomic mass is 9.86. The smallest absolute Gasteiger partial charge is 0.414 e. The van der Waals surface area contributed by atoms with Crippen LogP contribution in [0.3, 0.4) is 0 Å². The number of amides is 1. The van der Waals surface area contributed by atoms with E-state index in [1.165, 1.54) is 0 Å². The quantitative estimate of drug-likeness (QED) is 0.832. The molecule has 0 aromatic heterocycles. The normalized spacial score (nSPS) is 22.9. The van der Waals surface area contributed by atoms with Gasteiger partial charge in [-0.2, -0.15) is 0 Å². The topological polar surface area (TPSA) is 70.1 Å². The SMILES string of the molecule is Cc1ccccc1N(Cc1ccc(C(=O)O)cc1)C(=O)O[C@H]1CN2CCC1CC2. The van der Waals surface area contributed by atoms with Crippen molar-refractivity contribution in [3.8, 4) is 0 Å². The Balaban J connectivity index is 1.56. The summed E-state index contributed by atoms with van der Waals surface area (Å²) >= 11 is 0. The van der Waals surface area contributed by atoms with Gasteiger partial charge in [-0.15, -0.1) is 0 Å². The second-order valence-electron chi connectivity index (χ2n) is 7.93. The second-order valence-corrected chi connectivity index (χ2v) is 7.93. The number of piperidine rings is 3. The molecule has 5 rings (SSSR count). The molecule has 3 fully saturated rings. The summed E-state index contributed by atoms with van der Waals surface area (Å²) in [6.07, 6.45) is 1.75. The van der Waals surface area contributed by atoms with Crippen LogP contribution in [-0.4, -0.2) is 47.8 Å². The average Bonchev–Trinajstić information content (AvgIpc) is 2.74. The molecule has 3 heterocycles. The lowest BCUT2D eigenvalue weighted by Gasteiger charge is -2.44. The summed E-state index contributed by atoms with van der Waals surface area (Å²) in [6.45, 7) is 5.29. The number of carboxylic acid groups (broad SMARTS) is 1. The number of carboxylic acids is 1. The predicted octanol–water partition coefficient (Wildman–Crippen LogP) is 3.93. The Morgan fingerprint density at radius 2 is 1.79 bits per heavy atom. The molecule has 2 bridgehead atoms. The number of benzene rings is 2. The van der Waals surface area contributed by atoms with Crippen LogP contribution < -0.4 is 4.90 Å². The average molecular weight is 394 g/mol. The van der Waals surface area contributed by atoms with Crippen molar-refractivity contribution in [2.24, 2.45) is 5.92 Å². The minimum Gasteiger partial charge on any atom is -0.478 e. The molecule has 0 unspecified atom stereocenters. The summed E-state index contributed by atoms with van der Waals surface area (Å²) < 4.78 is 5.98. The molecule has 0 radical (unpaired) electrons. The Labute approximate surface area is 170 Å². The highest BCUT2D eigenvalue weighted by atomic mass is 16.6. The molecule has 1 atom stereocenters. The van der Waals surface area contributed by atoms with E-state index in [2.05, 4.69) is 4.90 Å². The van der Waals surface area contributed by atoms with Crippen molar-refractivity contribution in [2.75, 3.05) is 24.5 Å². The van der Waals surface area contributed by atoms with Crippen LogP contribution in [-0.2, 0) is 11.3 Å². The van der Waals surface area contributed by atoms with E-state index in [0.717, 1.165) is 49.3 Å². The van der Waals surface area contributed by atoms with Gasteiger partial charge in [-0.3, -0.25) is 9.80 Å². The first kappa shape index (κ1) is 19.5. The van der Waals surface area contributed by atoms with Gasteiger partial charge in [0.1, 0.15) is 6.10 Å². The molecule has 29 heavy (non-hydrogen) atoms. The highest BCUT2D eigenvalue weighted by Gasteiger charge is 2.37. The third-order valence-electron chi connectivity index (χ3n) is 6.02. The molecule has 0 aliphatic carbocycles. The van der Waals surface area contributed by atoms with Crippen molar-refractivity contribution in [1.29, 1.82) is 0 Å². The monoisotopic (exact) mass is 394 g/mol. The molecule has 6 heteroatoms. The van der Waals surface area contributed by atoms with Gasteiger partial charge in [0, 0.05) is 6.54 Å². The van der Waals surface area contributed by atoms with E-state index in [-0.39, 0.29) is 17.8 Å². The molecule has 2 aromatic carbocycles. The third-order valence-corrected chi connectivity index (χ3v) is 6.02. The van der Waals surface area contributed by atoms with E-state index in [1.54, 1.807) is 29.2 Å². The Morgan fingerprint density at radius 1 is 1.10 bits per heavy atom. The molecule has 0 spiro atoms. The maximum Gasteiger partial charge on any atom is 0.414 e. The lowest BCUT2D eigenvalue weighted by Crippen LogP contribution is -2.53. The largest absolute Gasteiger partial charge is 0.478 e. The Bertz CT molecular complexity index is 888. The van der Waals surface area contributed by atoms with Crippen LogP contribution in [0, 0.1) is 12.8 Å². The number of para-hydroxylation sites is 1. The fourth-order valence-electron chi connectivity index (χ4n) is 4.29. The molecular weight excluding hydrogens is 368 g/mol. The number of anilines is 1. The van der Waals surface area contributed by atoms with Crippen molar-refractivity contribution in [2.45, 2.75) is 32.4 Å². The summed E-state index contributed by atoms with van der Waals surface area (Å²) in [5.74, 6) is -0.522. The molecule has 3 aliphatic heterocycles. The zero-order valence-electron chi connectivity index (χ0n) is 16.6. The number of ether oxygens (including phenoxy) is 1. The van der Waals surface area contributed by atoms with E-state index in [4.69, 9.17) is 9.84 Å². The van der Waals surface area contributed by atoms with Crippen LogP contribution in [0.15, 0.2) is 48.5 Å². The molecule has 2 aromatic rings. The Morgan fingerprint density at radius 3 is 2.38 bits per heavy atom. The molecule has 6 nitrogen and oxygen atoms in total. The predicted molar refractivity (Wildman–Crippen MR) is 110 cm³/mol. The molecule has 152 valence electrons. The summed E-state index contributed by atoms with van der Waals surface area (Å²) in [5.41, 5.74) is 2.87. The van der Waals surface area contributed by atoms with Gasteiger partial charge in [-0.25, -0.2) is 9.59 Å². The fourth-order valence-corrected chi connectivity index (χ4v) is 4.29. The maximum atomic E-state index is 13.2. The van der Waals surface area contributed by atoms with Gasteiger partial charge >= 0.3 is 12.1 Å². The van der Waals surface area contributed by atoms with Crippen molar-refractivity contribution in [3.63, 3.8) is 0 Å². The second kappa shape index (κ2) is 8.25. The zero-order valence-corrected chi connectivity index (χ0v) is 16.6. The van der Waals surface area contributed by atoms with Crippen LogP contribution in [0.4, 0.5) is 10.5 Å². The first-order chi connectivity index (χ1) is 14.0. The Hall–Kier alpha value is -2.86. The summed E-state index contributed by atoms with van der Waals surface area (Å²) in [4.78, 5) is 28.3. The number of aromatic carboxylic acids is 1. The van der Waals surface area contributed by atoms with Crippen molar-refractivity contribution in [3.05, 3.63) is 65.2 Å². The van der Waals surface area contributed by atoms with Crippen molar-refractivity contribution >= 4 is 17.7 Å². The number of hydrogen-bond donors (Lipinski definition) is 1. The van der Waals surface area contributed by atoms with Gasteiger partial charge in [0.2, 0.25) is 0 Å². The highest BCUT2D eigenvalue weighted by molar-refractivity contribution is 5.89. The van der Waals surface area contributed by atoms with Gasteiger partial charge in [-0.05, 0) is 68.1 Å². The molecule has 0 saturated carbocycles. The lowest BCUT2D eigenvalue weighted by molar-refractivity contribution is -0.0311. The van der Waals surface area contributed by atoms with Crippen LogP contribution in [0.25, 0.3) is 0 Å². The number of carbonyl (C=O) groups excluding carboxylic acids is 1. The highest BCUT2D eigenvalue weighted by Crippen LogP contribution is 2.31. The van der Waals surface area contributed by atoms with Crippen LogP contribution in [0.5, 0.6) is 0 Å². The third kappa shape index (κ3) is 4.27. The molecular formula is C23H26N2O4. The van der Waals surface area contributed by atoms with Crippen molar-refractivity contribution < 1.29 is 19.4 Å². The molecule has 1 amide bonds. The summed E-state index contributed by atoms with van der Waals surface area (Å²) in [6, 6.07) is 14.4. The van der Waals surface area contributed by atoms with Gasteiger partial charge in [0.15, 0.2) is 0 Å². The first-order valence-corrected chi connectivity index (χ1v) is 10.1. The van der Waals surface area contributed by atoms with Gasteiger partial charge < -0.3 is 9.84 Å². The fraction of sp³-hybridized carbons (Fsp3) is 0.391. The number of hydrogen-bond acceptors (Lipinski definition) is 4. The van der Waals surface area contributed by atoms with E-state index >= 15 is 0 Å².